The summed E-state index contributed by atoms with van der Waals surface area (Å²) in [7, 11) is 0. The zero-order chi connectivity index (χ0) is 10.4. The lowest BCUT2D eigenvalue weighted by atomic mass is 10.1. The van der Waals surface area contributed by atoms with Gasteiger partial charge in [-0.1, -0.05) is 13.8 Å². The van der Waals surface area contributed by atoms with Crippen LogP contribution in [0.15, 0.2) is 0 Å². The average molecular weight is 233 g/mol. The molecule has 1 fully saturated rings. The Balaban J connectivity index is 2.37. The second kappa shape index (κ2) is 7.02. The molecular formula is C11H23NS2. The standard InChI is InChI=1S/C11H23NS2/c1-4-6-12-9(3)11-10(5-2)13-7-8-14-11/h9-12H,4-8H2,1-3H3. The molecule has 1 nitrogen and oxygen atoms in total. The van der Waals surface area contributed by atoms with E-state index in [1.54, 1.807) is 0 Å². The number of nitrogens with one attached hydrogen (secondary N) is 1. The first-order chi connectivity index (χ1) is 6.79. The van der Waals surface area contributed by atoms with Crippen LogP contribution in [0.3, 0.4) is 0 Å². The summed E-state index contributed by atoms with van der Waals surface area (Å²) in [4.78, 5) is 0. The van der Waals surface area contributed by atoms with E-state index in [4.69, 9.17) is 0 Å². The van der Waals surface area contributed by atoms with Gasteiger partial charge in [-0.25, -0.2) is 0 Å². The quantitative estimate of drug-likeness (QED) is 0.784. The van der Waals surface area contributed by atoms with E-state index in [2.05, 4.69) is 49.6 Å². The zero-order valence-corrected chi connectivity index (χ0v) is 11.2. The molecule has 1 aliphatic rings. The van der Waals surface area contributed by atoms with Crippen molar-refractivity contribution >= 4 is 23.5 Å². The maximum absolute atomic E-state index is 3.63. The summed E-state index contributed by atoms with van der Waals surface area (Å²) in [5.41, 5.74) is 0. The van der Waals surface area contributed by atoms with Crippen molar-refractivity contribution in [1.29, 1.82) is 0 Å². The topological polar surface area (TPSA) is 12.0 Å². The number of hydrogen-bond acceptors (Lipinski definition) is 3. The fourth-order valence-electron chi connectivity index (χ4n) is 1.89. The molecule has 0 spiro atoms. The molecule has 0 aromatic carbocycles. The second-order valence-electron chi connectivity index (χ2n) is 3.90. The Bertz CT molecular complexity index is 152. The lowest BCUT2D eigenvalue weighted by molar-refractivity contribution is 0.511. The summed E-state index contributed by atoms with van der Waals surface area (Å²) < 4.78 is 0. The van der Waals surface area contributed by atoms with Crippen LogP contribution in [0.25, 0.3) is 0 Å². The maximum Gasteiger partial charge on any atom is 0.0317 e. The summed E-state index contributed by atoms with van der Waals surface area (Å²) in [6.07, 6.45) is 2.56. The van der Waals surface area contributed by atoms with Gasteiger partial charge in [-0.05, 0) is 26.3 Å². The highest BCUT2D eigenvalue weighted by Gasteiger charge is 2.28. The maximum atomic E-state index is 3.63. The van der Waals surface area contributed by atoms with Crippen molar-refractivity contribution < 1.29 is 0 Å². The molecular weight excluding hydrogens is 210 g/mol. The van der Waals surface area contributed by atoms with E-state index in [0.717, 1.165) is 10.5 Å². The van der Waals surface area contributed by atoms with Gasteiger partial charge in [-0.15, -0.1) is 0 Å². The molecule has 1 heterocycles. The summed E-state index contributed by atoms with van der Waals surface area (Å²) in [5.74, 6) is 2.68. The molecule has 84 valence electrons. The van der Waals surface area contributed by atoms with Crippen molar-refractivity contribution in [3.05, 3.63) is 0 Å². The third-order valence-corrected chi connectivity index (χ3v) is 6.19. The van der Waals surface area contributed by atoms with Crippen molar-refractivity contribution in [2.24, 2.45) is 0 Å². The van der Waals surface area contributed by atoms with Crippen LogP contribution >= 0.6 is 23.5 Å². The third-order valence-electron chi connectivity index (χ3n) is 2.70. The molecule has 14 heavy (non-hydrogen) atoms. The van der Waals surface area contributed by atoms with E-state index in [-0.39, 0.29) is 0 Å². The Morgan fingerprint density at radius 3 is 2.64 bits per heavy atom. The lowest BCUT2D eigenvalue weighted by Crippen LogP contribution is -2.43. The van der Waals surface area contributed by atoms with Crippen LogP contribution in [0.2, 0.25) is 0 Å². The highest BCUT2D eigenvalue weighted by Crippen LogP contribution is 2.34. The largest absolute Gasteiger partial charge is 0.313 e. The summed E-state index contributed by atoms with van der Waals surface area (Å²) >= 11 is 4.34. The van der Waals surface area contributed by atoms with Crippen LogP contribution in [0, 0.1) is 0 Å². The van der Waals surface area contributed by atoms with E-state index in [0.29, 0.717) is 6.04 Å². The molecule has 0 radical (unpaired) electrons. The van der Waals surface area contributed by atoms with Crippen molar-refractivity contribution in [2.45, 2.75) is 50.2 Å². The zero-order valence-electron chi connectivity index (χ0n) is 9.58. The lowest BCUT2D eigenvalue weighted by Gasteiger charge is -2.34. The first-order valence-corrected chi connectivity index (χ1v) is 7.85. The Hall–Kier alpha value is 0.660. The van der Waals surface area contributed by atoms with Crippen molar-refractivity contribution in [1.82, 2.24) is 5.32 Å². The summed E-state index contributed by atoms with van der Waals surface area (Å²) in [6.45, 7) is 8.07. The van der Waals surface area contributed by atoms with Crippen molar-refractivity contribution in [3.63, 3.8) is 0 Å². The van der Waals surface area contributed by atoms with Crippen LogP contribution < -0.4 is 5.32 Å². The van der Waals surface area contributed by atoms with Crippen molar-refractivity contribution in [3.8, 4) is 0 Å². The Labute approximate surface area is 97.2 Å². The first kappa shape index (κ1) is 12.7. The summed E-state index contributed by atoms with van der Waals surface area (Å²) in [6, 6.07) is 0.678. The molecule has 0 bridgehead atoms. The van der Waals surface area contributed by atoms with E-state index >= 15 is 0 Å². The molecule has 3 atom stereocenters. The van der Waals surface area contributed by atoms with Crippen molar-refractivity contribution in [2.75, 3.05) is 18.1 Å². The first-order valence-electron chi connectivity index (χ1n) is 5.76. The van der Waals surface area contributed by atoms with E-state index < -0.39 is 0 Å². The fourth-order valence-corrected chi connectivity index (χ4v) is 5.16. The molecule has 1 rings (SSSR count). The minimum Gasteiger partial charge on any atom is -0.313 e. The number of thioether (sulfide) groups is 2. The van der Waals surface area contributed by atoms with Gasteiger partial charge in [0.05, 0.1) is 0 Å². The van der Waals surface area contributed by atoms with Crippen LogP contribution in [-0.2, 0) is 0 Å². The minimum atomic E-state index is 0.678. The number of hydrogen-bond donors (Lipinski definition) is 1. The van der Waals surface area contributed by atoms with Gasteiger partial charge in [-0.2, -0.15) is 23.5 Å². The highest BCUT2D eigenvalue weighted by molar-refractivity contribution is 8.07. The number of rotatable bonds is 5. The smallest absolute Gasteiger partial charge is 0.0317 e. The van der Waals surface area contributed by atoms with E-state index in [1.165, 1.54) is 30.9 Å². The minimum absolute atomic E-state index is 0.678. The Kier molecular flexibility index (Phi) is 6.38. The van der Waals surface area contributed by atoms with Gasteiger partial charge in [0.15, 0.2) is 0 Å². The van der Waals surface area contributed by atoms with Crippen LogP contribution in [0.1, 0.15) is 33.6 Å². The predicted octanol–water partition coefficient (Wildman–Crippen LogP) is 3.00. The molecule has 0 saturated carbocycles. The molecule has 0 aromatic heterocycles. The second-order valence-corrected chi connectivity index (χ2v) is 6.53. The Morgan fingerprint density at radius 2 is 2.00 bits per heavy atom. The average Bonchev–Trinajstić information content (AvgIpc) is 2.25. The van der Waals surface area contributed by atoms with E-state index in [1.807, 2.05) is 0 Å². The van der Waals surface area contributed by atoms with Gasteiger partial charge >= 0.3 is 0 Å². The highest BCUT2D eigenvalue weighted by atomic mass is 32.2. The summed E-state index contributed by atoms with van der Waals surface area (Å²) in [5, 5.41) is 5.33. The molecule has 0 aromatic rings. The normalized spacial score (nSPS) is 30.2. The monoisotopic (exact) mass is 233 g/mol. The molecule has 1 aliphatic heterocycles. The van der Waals surface area contributed by atoms with Crippen LogP contribution in [0.4, 0.5) is 0 Å². The van der Waals surface area contributed by atoms with Gasteiger partial charge in [0, 0.05) is 28.0 Å². The molecule has 3 unspecified atom stereocenters. The third kappa shape index (κ3) is 3.67. The predicted molar refractivity (Wildman–Crippen MR) is 70.5 cm³/mol. The Morgan fingerprint density at radius 1 is 1.29 bits per heavy atom. The van der Waals surface area contributed by atoms with Gasteiger partial charge in [0.1, 0.15) is 0 Å². The van der Waals surface area contributed by atoms with Gasteiger partial charge < -0.3 is 5.32 Å². The molecule has 0 aliphatic carbocycles. The van der Waals surface area contributed by atoms with Crippen LogP contribution in [-0.4, -0.2) is 34.6 Å². The van der Waals surface area contributed by atoms with E-state index in [9.17, 15) is 0 Å². The van der Waals surface area contributed by atoms with Gasteiger partial charge in [0.25, 0.3) is 0 Å². The molecule has 3 heteroatoms. The molecule has 1 saturated heterocycles. The van der Waals surface area contributed by atoms with Crippen LogP contribution in [0.5, 0.6) is 0 Å². The van der Waals surface area contributed by atoms with Gasteiger partial charge in [0.2, 0.25) is 0 Å². The van der Waals surface area contributed by atoms with Gasteiger partial charge in [-0.3, -0.25) is 0 Å². The SMILES string of the molecule is CCCNC(C)C1SCCSC1CC. The molecule has 0 amide bonds. The fraction of sp³-hybridized carbons (Fsp3) is 1.00. The molecule has 1 N–H and O–H groups in total.